The van der Waals surface area contributed by atoms with Gasteiger partial charge in [-0.1, -0.05) is 20.8 Å². The van der Waals surface area contributed by atoms with Gasteiger partial charge in [-0.3, -0.25) is 19.9 Å². The van der Waals surface area contributed by atoms with Gasteiger partial charge < -0.3 is 15.0 Å². The van der Waals surface area contributed by atoms with Crippen LogP contribution in [0.5, 0.6) is 5.75 Å². The molecule has 9 nitrogen and oxygen atoms in total. The number of nitrogens with zero attached hydrogens (tertiary/aromatic N) is 4. The minimum Gasteiger partial charge on any atom is -0.497 e. The van der Waals surface area contributed by atoms with Gasteiger partial charge in [0.05, 0.1) is 47.6 Å². The van der Waals surface area contributed by atoms with Crippen molar-refractivity contribution in [2.45, 2.75) is 20.8 Å². The van der Waals surface area contributed by atoms with Crippen LogP contribution >= 0.6 is 0 Å². The maximum Gasteiger partial charge on any atom is 0.229 e. The molecule has 10 heteroatoms. The van der Waals surface area contributed by atoms with Gasteiger partial charge in [0.2, 0.25) is 5.91 Å². The summed E-state index contributed by atoms with van der Waals surface area (Å²) in [5.74, 6) is -0.0701. The quantitative estimate of drug-likeness (QED) is 0.236. The molecule has 0 radical (unpaired) electrons. The Morgan fingerprint density at radius 3 is 2.58 bits per heavy atom. The molecule has 1 amide bonds. The zero-order valence-corrected chi connectivity index (χ0v) is 22.3. The van der Waals surface area contributed by atoms with E-state index in [1.54, 1.807) is 30.9 Å². The van der Waals surface area contributed by atoms with Crippen molar-refractivity contribution in [3.8, 4) is 39.5 Å². The summed E-state index contributed by atoms with van der Waals surface area (Å²) in [7, 11) is 1.50. The minimum atomic E-state index is -0.533. The number of hydrogen-bond donors (Lipinski definition) is 3. The highest BCUT2D eigenvalue weighted by Crippen LogP contribution is 2.35. The summed E-state index contributed by atoms with van der Waals surface area (Å²) in [6.45, 7) is 5.56. The van der Waals surface area contributed by atoms with E-state index >= 15 is 0 Å². The zero-order chi connectivity index (χ0) is 28.0. The van der Waals surface area contributed by atoms with Crippen LogP contribution in [0.15, 0.2) is 67.3 Å². The molecule has 0 bridgehead atoms. The SMILES string of the molecule is COc1cc(F)cc(-c2cncc3[nH]c(-c4n[nH]c5ccc(-c6cncc(NC(=O)C(C)(C)C)c6)nc45)cc23)c1. The van der Waals surface area contributed by atoms with Crippen LogP contribution in [-0.2, 0) is 4.79 Å². The Kier molecular flexibility index (Phi) is 6.02. The predicted octanol–water partition coefficient (Wildman–Crippen LogP) is 6.36. The van der Waals surface area contributed by atoms with Gasteiger partial charge >= 0.3 is 0 Å². The Bertz CT molecular complexity index is 1900. The number of methoxy groups -OCH3 is 1. The van der Waals surface area contributed by atoms with Crippen molar-refractivity contribution in [1.82, 2.24) is 30.1 Å². The Morgan fingerprint density at radius 2 is 1.77 bits per heavy atom. The van der Waals surface area contributed by atoms with E-state index in [9.17, 15) is 9.18 Å². The largest absolute Gasteiger partial charge is 0.497 e. The van der Waals surface area contributed by atoms with Gasteiger partial charge in [0, 0.05) is 40.4 Å². The van der Waals surface area contributed by atoms with Crippen LogP contribution in [0, 0.1) is 11.2 Å². The molecule has 0 atom stereocenters. The van der Waals surface area contributed by atoms with Crippen molar-refractivity contribution in [2.75, 3.05) is 12.4 Å². The standard InChI is InChI=1S/C30H26FN7O2/c1-30(2,3)29(39)34-19-8-17(12-32-13-19)23-5-6-24-27(36-23)28(38-37-24)25-11-21-22(14-33-15-26(21)35-25)16-7-18(31)10-20(9-16)40-4/h5-15,35H,1-4H3,(H,34,39)(H,37,38). The van der Waals surface area contributed by atoms with Gasteiger partial charge in [-0.25, -0.2) is 9.37 Å². The molecule has 0 aliphatic carbocycles. The fourth-order valence-electron chi connectivity index (χ4n) is 4.46. The number of amides is 1. The van der Waals surface area contributed by atoms with Crippen molar-refractivity contribution >= 4 is 33.5 Å². The highest BCUT2D eigenvalue weighted by Gasteiger charge is 2.22. The zero-order valence-electron chi connectivity index (χ0n) is 22.3. The number of anilines is 1. The van der Waals surface area contributed by atoms with Gasteiger partial charge in [-0.05, 0) is 42.0 Å². The third-order valence-electron chi connectivity index (χ3n) is 6.60. The number of rotatable bonds is 5. The first-order valence-electron chi connectivity index (χ1n) is 12.6. The van der Waals surface area contributed by atoms with Crippen LogP contribution in [0.25, 0.3) is 55.7 Å². The van der Waals surface area contributed by atoms with Crippen LogP contribution in [0.1, 0.15) is 20.8 Å². The van der Waals surface area contributed by atoms with Crippen molar-refractivity contribution in [3.05, 3.63) is 73.1 Å². The summed E-state index contributed by atoms with van der Waals surface area (Å²) in [5.41, 5.74) is 6.45. The van der Waals surface area contributed by atoms with E-state index in [2.05, 4.69) is 30.5 Å². The summed E-state index contributed by atoms with van der Waals surface area (Å²) >= 11 is 0. The van der Waals surface area contributed by atoms with E-state index in [1.807, 2.05) is 45.0 Å². The molecular formula is C30H26FN7O2. The number of carbonyl (C=O) groups is 1. The molecule has 200 valence electrons. The second-order valence-corrected chi connectivity index (χ2v) is 10.5. The maximum absolute atomic E-state index is 14.3. The van der Waals surface area contributed by atoms with E-state index in [1.165, 1.54) is 19.2 Å². The van der Waals surface area contributed by atoms with E-state index in [0.717, 1.165) is 33.2 Å². The lowest BCUT2D eigenvalue weighted by atomic mass is 9.95. The number of benzene rings is 1. The minimum absolute atomic E-state index is 0.101. The van der Waals surface area contributed by atoms with Crippen LogP contribution in [0.2, 0.25) is 0 Å². The fraction of sp³-hybridized carbons (Fsp3) is 0.167. The summed E-state index contributed by atoms with van der Waals surface area (Å²) < 4.78 is 19.5. The summed E-state index contributed by atoms with van der Waals surface area (Å²) in [6, 6.07) is 12.1. The number of fused-ring (bicyclic) bond motifs is 2. The third kappa shape index (κ3) is 4.64. The molecule has 0 fully saturated rings. The average molecular weight is 536 g/mol. The first kappa shape index (κ1) is 25.2. The fourth-order valence-corrected chi connectivity index (χ4v) is 4.46. The molecule has 0 saturated carbocycles. The second-order valence-electron chi connectivity index (χ2n) is 10.5. The smallest absolute Gasteiger partial charge is 0.229 e. The van der Waals surface area contributed by atoms with Crippen LogP contribution < -0.4 is 10.1 Å². The van der Waals surface area contributed by atoms with E-state index in [4.69, 9.17) is 9.72 Å². The van der Waals surface area contributed by atoms with Crippen molar-refractivity contribution in [2.24, 2.45) is 5.41 Å². The topological polar surface area (TPSA) is 121 Å². The molecule has 0 aliphatic rings. The molecule has 1 aromatic carbocycles. The van der Waals surface area contributed by atoms with Crippen LogP contribution in [0.3, 0.4) is 0 Å². The lowest BCUT2D eigenvalue weighted by molar-refractivity contribution is -0.123. The van der Waals surface area contributed by atoms with Crippen molar-refractivity contribution < 1.29 is 13.9 Å². The van der Waals surface area contributed by atoms with Crippen molar-refractivity contribution in [3.63, 3.8) is 0 Å². The number of carbonyl (C=O) groups excluding carboxylic acids is 1. The Labute approximate surface area is 228 Å². The number of nitrogens with one attached hydrogen (secondary N) is 3. The predicted molar refractivity (Wildman–Crippen MR) is 152 cm³/mol. The number of hydrogen-bond acceptors (Lipinski definition) is 6. The van der Waals surface area contributed by atoms with E-state index < -0.39 is 11.2 Å². The maximum atomic E-state index is 14.3. The first-order chi connectivity index (χ1) is 19.2. The first-order valence-corrected chi connectivity index (χ1v) is 12.6. The van der Waals surface area contributed by atoms with Gasteiger partial charge in [0.15, 0.2) is 0 Å². The molecule has 0 unspecified atom stereocenters. The third-order valence-corrected chi connectivity index (χ3v) is 6.60. The number of aromatic nitrogens is 6. The monoisotopic (exact) mass is 535 g/mol. The summed E-state index contributed by atoms with van der Waals surface area (Å²) in [4.78, 5) is 29.4. The van der Waals surface area contributed by atoms with Gasteiger partial charge in [0.25, 0.3) is 0 Å². The number of pyridine rings is 3. The molecular weight excluding hydrogens is 509 g/mol. The molecule has 6 aromatic rings. The normalized spacial score (nSPS) is 11.7. The number of halogens is 1. The molecule has 6 rings (SSSR count). The molecule has 0 saturated heterocycles. The van der Waals surface area contributed by atoms with Crippen LogP contribution in [0.4, 0.5) is 10.1 Å². The molecule has 5 aromatic heterocycles. The summed E-state index contributed by atoms with van der Waals surface area (Å²) in [6.07, 6.45) is 6.73. The summed E-state index contributed by atoms with van der Waals surface area (Å²) in [5, 5.41) is 11.4. The second kappa shape index (κ2) is 9.57. The molecule has 5 heterocycles. The van der Waals surface area contributed by atoms with E-state index in [-0.39, 0.29) is 5.91 Å². The Balaban J connectivity index is 1.40. The lowest BCUT2D eigenvalue weighted by Gasteiger charge is -2.17. The Hall–Kier alpha value is -5.12. The Morgan fingerprint density at radius 1 is 0.950 bits per heavy atom. The average Bonchev–Trinajstić information content (AvgIpc) is 3.56. The highest BCUT2D eigenvalue weighted by atomic mass is 19.1. The number of ether oxygens (including phenoxy) is 1. The molecule has 40 heavy (non-hydrogen) atoms. The number of aromatic amines is 2. The number of H-pyrrole nitrogens is 2. The van der Waals surface area contributed by atoms with Crippen LogP contribution in [-0.4, -0.2) is 43.2 Å². The van der Waals surface area contributed by atoms with E-state index in [0.29, 0.717) is 33.9 Å². The van der Waals surface area contributed by atoms with Crippen molar-refractivity contribution in [1.29, 1.82) is 0 Å². The highest BCUT2D eigenvalue weighted by molar-refractivity contribution is 6.00. The molecule has 3 N–H and O–H groups in total. The molecule has 0 aliphatic heterocycles. The van der Waals surface area contributed by atoms with Gasteiger partial charge in [-0.2, -0.15) is 5.10 Å². The van der Waals surface area contributed by atoms with Gasteiger partial charge in [0.1, 0.15) is 22.8 Å². The lowest BCUT2D eigenvalue weighted by Crippen LogP contribution is -2.27. The van der Waals surface area contributed by atoms with Gasteiger partial charge in [-0.15, -0.1) is 0 Å². The molecule has 0 spiro atoms.